The molecule has 1 aliphatic rings. The average molecular weight is 388 g/mol. The highest BCUT2D eigenvalue weighted by molar-refractivity contribution is 5.95. The van der Waals surface area contributed by atoms with Crippen LogP contribution in [0, 0.1) is 0 Å². The minimum absolute atomic E-state index is 0.00737. The van der Waals surface area contributed by atoms with E-state index in [4.69, 9.17) is 0 Å². The highest BCUT2D eigenvalue weighted by Gasteiger charge is 2.28. The summed E-state index contributed by atoms with van der Waals surface area (Å²) in [5, 5.41) is 26.3. The van der Waals surface area contributed by atoms with E-state index in [9.17, 15) is 9.90 Å². The van der Waals surface area contributed by atoms with Crippen molar-refractivity contribution in [1.82, 2.24) is 30.1 Å². The maximum absolute atomic E-state index is 12.7. The third-order valence-corrected chi connectivity index (χ3v) is 5.43. The van der Waals surface area contributed by atoms with Crippen molar-refractivity contribution < 1.29 is 9.90 Å². The Kier molecular flexibility index (Phi) is 4.33. The van der Waals surface area contributed by atoms with Gasteiger partial charge in [-0.2, -0.15) is 5.10 Å². The number of para-hydroxylation sites is 1. The van der Waals surface area contributed by atoms with Gasteiger partial charge in [-0.3, -0.25) is 9.89 Å². The van der Waals surface area contributed by atoms with E-state index in [1.54, 1.807) is 21.7 Å². The SMILES string of the molecule is O=C(c1ccc(-n2cc(-c3n[nH]c4ccccc34)nn2)cc1)N1CCC[C@H]1CO. The van der Waals surface area contributed by atoms with E-state index < -0.39 is 0 Å². The molecule has 1 saturated heterocycles. The number of fused-ring (bicyclic) bond motifs is 1. The molecular formula is C21H20N6O2. The van der Waals surface area contributed by atoms with Crippen LogP contribution in [0.2, 0.25) is 0 Å². The summed E-state index contributed by atoms with van der Waals surface area (Å²) in [4.78, 5) is 14.5. The summed E-state index contributed by atoms with van der Waals surface area (Å²) in [5.74, 6) is -0.0460. The molecule has 0 radical (unpaired) electrons. The van der Waals surface area contributed by atoms with Crippen molar-refractivity contribution in [3.8, 4) is 17.1 Å². The number of hydrogen-bond donors (Lipinski definition) is 2. The van der Waals surface area contributed by atoms with Crippen LogP contribution in [0.25, 0.3) is 28.0 Å². The second-order valence-electron chi connectivity index (χ2n) is 7.19. The third kappa shape index (κ3) is 3.07. The summed E-state index contributed by atoms with van der Waals surface area (Å²) in [7, 11) is 0. The van der Waals surface area contributed by atoms with Gasteiger partial charge < -0.3 is 10.0 Å². The molecule has 0 unspecified atom stereocenters. The minimum Gasteiger partial charge on any atom is -0.394 e. The summed E-state index contributed by atoms with van der Waals surface area (Å²) in [6, 6.07) is 15.1. The molecule has 1 aliphatic heterocycles. The van der Waals surface area contributed by atoms with E-state index in [-0.39, 0.29) is 18.6 Å². The molecule has 0 spiro atoms. The number of nitrogens with one attached hydrogen (secondary N) is 1. The fourth-order valence-corrected chi connectivity index (χ4v) is 3.87. The van der Waals surface area contributed by atoms with Gasteiger partial charge in [-0.15, -0.1) is 5.10 Å². The van der Waals surface area contributed by atoms with Gasteiger partial charge >= 0.3 is 0 Å². The molecule has 29 heavy (non-hydrogen) atoms. The van der Waals surface area contributed by atoms with Crippen LogP contribution in [-0.2, 0) is 0 Å². The van der Waals surface area contributed by atoms with Crippen LogP contribution in [0.1, 0.15) is 23.2 Å². The molecule has 2 aromatic heterocycles. The number of nitrogens with zero attached hydrogens (tertiary/aromatic N) is 5. The zero-order chi connectivity index (χ0) is 19.8. The van der Waals surface area contributed by atoms with Crippen LogP contribution < -0.4 is 0 Å². The lowest BCUT2D eigenvalue weighted by Gasteiger charge is -2.23. The minimum atomic E-state index is -0.0799. The van der Waals surface area contributed by atoms with E-state index in [2.05, 4.69) is 20.5 Å². The average Bonchev–Trinajstić information content (AvgIpc) is 3.52. The number of carbonyl (C=O) groups excluding carboxylic acids is 1. The Labute approximate surface area is 166 Å². The lowest BCUT2D eigenvalue weighted by Crippen LogP contribution is -2.37. The van der Waals surface area contributed by atoms with Crippen LogP contribution in [0.15, 0.2) is 54.7 Å². The number of rotatable bonds is 4. The fourth-order valence-electron chi connectivity index (χ4n) is 3.87. The quantitative estimate of drug-likeness (QED) is 0.559. The van der Waals surface area contributed by atoms with Crippen LogP contribution in [-0.4, -0.2) is 60.3 Å². The predicted molar refractivity (Wildman–Crippen MR) is 108 cm³/mol. The Morgan fingerprint density at radius 3 is 2.83 bits per heavy atom. The Morgan fingerprint density at radius 2 is 2.00 bits per heavy atom. The molecule has 8 heteroatoms. The first-order valence-electron chi connectivity index (χ1n) is 9.62. The van der Waals surface area contributed by atoms with Crippen molar-refractivity contribution in [2.75, 3.05) is 13.2 Å². The molecule has 8 nitrogen and oxygen atoms in total. The Morgan fingerprint density at radius 1 is 1.17 bits per heavy atom. The maximum atomic E-state index is 12.7. The molecule has 4 aromatic rings. The number of likely N-dealkylation sites (tertiary alicyclic amines) is 1. The second kappa shape index (κ2) is 7.14. The molecule has 1 fully saturated rings. The first-order valence-corrected chi connectivity index (χ1v) is 9.62. The number of benzene rings is 2. The summed E-state index contributed by atoms with van der Waals surface area (Å²) in [6.07, 6.45) is 3.60. The molecule has 146 valence electrons. The molecule has 5 rings (SSSR count). The predicted octanol–water partition coefficient (Wildman–Crippen LogP) is 2.41. The number of carbonyl (C=O) groups is 1. The normalized spacial score (nSPS) is 16.6. The number of H-pyrrole nitrogens is 1. The van der Waals surface area contributed by atoms with Crippen LogP contribution in [0.4, 0.5) is 0 Å². The van der Waals surface area contributed by atoms with Gasteiger partial charge in [0.15, 0.2) is 0 Å². The van der Waals surface area contributed by atoms with Crippen molar-refractivity contribution in [1.29, 1.82) is 0 Å². The number of amides is 1. The number of aromatic amines is 1. The molecule has 0 saturated carbocycles. The van der Waals surface area contributed by atoms with Gasteiger partial charge in [0.2, 0.25) is 0 Å². The van der Waals surface area contributed by atoms with Crippen molar-refractivity contribution in [3.05, 3.63) is 60.3 Å². The highest BCUT2D eigenvalue weighted by Crippen LogP contribution is 2.25. The van der Waals surface area contributed by atoms with Gasteiger partial charge in [-0.25, -0.2) is 4.68 Å². The van der Waals surface area contributed by atoms with Gasteiger partial charge in [0.25, 0.3) is 5.91 Å². The van der Waals surface area contributed by atoms with Crippen LogP contribution in [0.5, 0.6) is 0 Å². The number of aromatic nitrogens is 5. The Bertz CT molecular complexity index is 1160. The number of hydrogen-bond acceptors (Lipinski definition) is 5. The van der Waals surface area contributed by atoms with Gasteiger partial charge in [0, 0.05) is 17.5 Å². The molecule has 2 N–H and O–H groups in total. The lowest BCUT2D eigenvalue weighted by atomic mass is 10.1. The maximum Gasteiger partial charge on any atom is 0.254 e. The molecule has 1 amide bonds. The van der Waals surface area contributed by atoms with E-state index in [0.717, 1.165) is 35.1 Å². The van der Waals surface area contributed by atoms with E-state index in [0.29, 0.717) is 17.8 Å². The van der Waals surface area contributed by atoms with Gasteiger partial charge in [-0.05, 0) is 43.2 Å². The Balaban J connectivity index is 1.39. The Hall–Kier alpha value is -3.52. The summed E-state index contributed by atoms with van der Waals surface area (Å²) in [6.45, 7) is 0.698. The first kappa shape index (κ1) is 17.6. The van der Waals surface area contributed by atoms with Crippen molar-refractivity contribution in [3.63, 3.8) is 0 Å². The summed E-state index contributed by atoms with van der Waals surface area (Å²) < 4.78 is 1.67. The third-order valence-electron chi connectivity index (χ3n) is 5.43. The monoisotopic (exact) mass is 388 g/mol. The number of aliphatic hydroxyl groups is 1. The van der Waals surface area contributed by atoms with Gasteiger partial charge in [0.1, 0.15) is 11.4 Å². The topological polar surface area (TPSA) is 99.9 Å². The van der Waals surface area contributed by atoms with Crippen LogP contribution >= 0.6 is 0 Å². The zero-order valence-corrected chi connectivity index (χ0v) is 15.7. The standard InChI is InChI=1S/C21H20N6O2/c28-13-16-4-3-11-26(16)21(29)14-7-9-15(10-8-14)27-12-19(23-25-27)20-17-5-1-2-6-18(17)22-24-20/h1-2,5-10,12,16,28H,3-4,11,13H2,(H,22,24)/t16-/m0/s1. The molecule has 1 atom stereocenters. The van der Waals surface area contributed by atoms with Crippen molar-refractivity contribution in [2.24, 2.45) is 0 Å². The molecule has 0 bridgehead atoms. The molecule has 3 heterocycles. The smallest absolute Gasteiger partial charge is 0.254 e. The summed E-state index contributed by atoms with van der Waals surface area (Å²) in [5.41, 5.74) is 3.78. The molecule has 2 aromatic carbocycles. The van der Waals surface area contributed by atoms with Crippen LogP contribution in [0.3, 0.4) is 0 Å². The number of aliphatic hydroxyl groups excluding tert-OH is 1. The van der Waals surface area contributed by atoms with Gasteiger partial charge in [0.05, 0.1) is 30.0 Å². The van der Waals surface area contributed by atoms with Crippen molar-refractivity contribution in [2.45, 2.75) is 18.9 Å². The van der Waals surface area contributed by atoms with E-state index >= 15 is 0 Å². The van der Waals surface area contributed by atoms with E-state index in [1.165, 1.54) is 0 Å². The largest absolute Gasteiger partial charge is 0.394 e. The first-order chi connectivity index (χ1) is 14.2. The summed E-state index contributed by atoms with van der Waals surface area (Å²) >= 11 is 0. The zero-order valence-electron chi connectivity index (χ0n) is 15.7. The van der Waals surface area contributed by atoms with E-state index in [1.807, 2.05) is 42.6 Å². The highest BCUT2D eigenvalue weighted by atomic mass is 16.3. The molecule has 0 aliphatic carbocycles. The van der Waals surface area contributed by atoms with Gasteiger partial charge in [-0.1, -0.05) is 23.4 Å². The van der Waals surface area contributed by atoms with Crippen molar-refractivity contribution >= 4 is 16.8 Å². The molecular weight excluding hydrogens is 368 g/mol. The second-order valence-corrected chi connectivity index (χ2v) is 7.19. The fraction of sp³-hybridized carbons (Fsp3) is 0.238. The lowest BCUT2D eigenvalue weighted by molar-refractivity contribution is 0.0677.